The Morgan fingerprint density at radius 3 is 2.68 bits per heavy atom. The van der Waals surface area contributed by atoms with Gasteiger partial charge < -0.3 is 10.2 Å². The van der Waals surface area contributed by atoms with Gasteiger partial charge in [-0.1, -0.05) is 12.5 Å². The van der Waals surface area contributed by atoms with Crippen molar-refractivity contribution in [2.24, 2.45) is 29.1 Å². The molecule has 4 rings (SSSR count). The minimum atomic E-state index is -0.938. The van der Waals surface area contributed by atoms with Gasteiger partial charge in [0.15, 0.2) is 5.78 Å². The second kappa shape index (κ2) is 4.67. The van der Waals surface area contributed by atoms with Gasteiger partial charge in [0, 0.05) is 6.42 Å². The van der Waals surface area contributed by atoms with E-state index in [1.54, 1.807) is 0 Å². The first-order chi connectivity index (χ1) is 10.3. The number of carbonyl (C=O) groups excluding carboxylic acids is 1. The molecule has 3 saturated carbocycles. The molecule has 122 valence electrons. The second-order valence-electron chi connectivity index (χ2n) is 8.81. The molecule has 0 bridgehead atoms. The van der Waals surface area contributed by atoms with Crippen LogP contribution in [0, 0.1) is 29.1 Å². The molecule has 22 heavy (non-hydrogen) atoms. The standard InChI is InChI=1S/C19H28O3/c1-18-8-7-14-13-6-4-12(20)9-11(13)3-5-15(14)16(18)10-19(2,22)17(18)21/h9,13-17,21-22H,3-8,10H2,1-2H3/t13-,14+,15+,16-,17?,18-,19-/m0/s1. The van der Waals surface area contributed by atoms with Gasteiger partial charge in [-0.05, 0) is 80.6 Å². The zero-order valence-corrected chi connectivity index (χ0v) is 13.7. The number of aliphatic hydroxyl groups is 2. The highest BCUT2D eigenvalue weighted by Gasteiger charge is 2.62. The lowest BCUT2D eigenvalue weighted by Gasteiger charge is -2.53. The molecule has 4 aliphatic rings. The van der Waals surface area contributed by atoms with Crippen LogP contribution in [0.2, 0.25) is 0 Å². The molecule has 0 aliphatic heterocycles. The fraction of sp³-hybridized carbons (Fsp3) is 0.842. The van der Waals surface area contributed by atoms with E-state index < -0.39 is 11.7 Å². The van der Waals surface area contributed by atoms with Gasteiger partial charge in [-0.3, -0.25) is 4.79 Å². The first-order valence-corrected chi connectivity index (χ1v) is 8.97. The smallest absolute Gasteiger partial charge is 0.155 e. The van der Waals surface area contributed by atoms with Gasteiger partial charge in [0.25, 0.3) is 0 Å². The van der Waals surface area contributed by atoms with Gasteiger partial charge in [-0.2, -0.15) is 0 Å². The monoisotopic (exact) mass is 304 g/mol. The van der Waals surface area contributed by atoms with Crippen molar-refractivity contribution in [1.82, 2.24) is 0 Å². The van der Waals surface area contributed by atoms with Crippen molar-refractivity contribution in [2.75, 3.05) is 0 Å². The minimum absolute atomic E-state index is 0.129. The van der Waals surface area contributed by atoms with Gasteiger partial charge >= 0.3 is 0 Å². The van der Waals surface area contributed by atoms with E-state index in [2.05, 4.69) is 6.92 Å². The molecule has 0 aromatic carbocycles. The quantitative estimate of drug-likeness (QED) is 0.723. The van der Waals surface area contributed by atoms with Crippen LogP contribution in [0.5, 0.6) is 0 Å². The summed E-state index contributed by atoms with van der Waals surface area (Å²) in [5.74, 6) is 2.59. The van der Waals surface area contributed by atoms with Gasteiger partial charge in [-0.25, -0.2) is 0 Å². The van der Waals surface area contributed by atoms with Crippen LogP contribution in [0.3, 0.4) is 0 Å². The lowest BCUT2D eigenvalue weighted by Crippen LogP contribution is -2.49. The largest absolute Gasteiger partial charge is 0.390 e. The molecule has 0 radical (unpaired) electrons. The molecular weight excluding hydrogens is 276 g/mol. The lowest BCUT2D eigenvalue weighted by molar-refractivity contribution is -0.116. The summed E-state index contributed by atoms with van der Waals surface area (Å²) >= 11 is 0. The van der Waals surface area contributed by atoms with Crippen molar-refractivity contribution in [3.8, 4) is 0 Å². The number of ketones is 1. The molecule has 0 heterocycles. The van der Waals surface area contributed by atoms with Crippen LogP contribution < -0.4 is 0 Å². The van der Waals surface area contributed by atoms with Crippen molar-refractivity contribution in [2.45, 2.75) is 70.5 Å². The SMILES string of the molecule is C[C@]1(O)C[C@H]2[C@@H]3CCC4=CC(=O)CC[C@@H]4[C@H]3CC[C@]2(C)C1O. The summed E-state index contributed by atoms with van der Waals surface area (Å²) in [5, 5.41) is 21.3. The molecule has 3 heteroatoms. The molecule has 0 amide bonds. The molecule has 0 aromatic rings. The number of carbonyl (C=O) groups is 1. The average molecular weight is 304 g/mol. The summed E-state index contributed by atoms with van der Waals surface area (Å²) in [6, 6.07) is 0. The van der Waals surface area contributed by atoms with E-state index in [4.69, 9.17) is 0 Å². The van der Waals surface area contributed by atoms with Crippen LogP contribution >= 0.6 is 0 Å². The second-order valence-corrected chi connectivity index (χ2v) is 8.81. The number of rotatable bonds is 0. The summed E-state index contributed by atoms with van der Waals surface area (Å²) in [7, 11) is 0. The summed E-state index contributed by atoms with van der Waals surface area (Å²) in [6.45, 7) is 4.00. The van der Waals surface area contributed by atoms with Crippen LogP contribution in [0.4, 0.5) is 0 Å². The molecule has 0 spiro atoms. The average Bonchev–Trinajstić information content (AvgIpc) is 2.66. The number of hydrogen-bond donors (Lipinski definition) is 2. The van der Waals surface area contributed by atoms with Crippen LogP contribution in [-0.4, -0.2) is 27.7 Å². The summed E-state index contributed by atoms with van der Waals surface area (Å²) < 4.78 is 0. The van der Waals surface area contributed by atoms with E-state index in [0.29, 0.717) is 35.9 Å². The molecule has 0 aromatic heterocycles. The van der Waals surface area contributed by atoms with Gasteiger partial charge in [0.1, 0.15) is 0 Å². The number of aliphatic hydroxyl groups excluding tert-OH is 1. The van der Waals surface area contributed by atoms with Crippen molar-refractivity contribution in [1.29, 1.82) is 0 Å². The summed E-state index contributed by atoms with van der Waals surface area (Å²) in [4.78, 5) is 11.7. The molecule has 1 unspecified atom stereocenters. The Labute approximate surface area is 132 Å². The zero-order chi connectivity index (χ0) is 15.7. The van der Waals surface area contributed by atoms with E-state index in [9.17, 15) is 15.0 Å². The molecule has 3 nitrogen and oxygen atoms in total. The van der Waals surface area contributed by atoms with Crippen molar-refractivity contribution in [3.63, 3.8) is 0 Å². The highest BCUT2D eigenvalue weighted by atomic mass is 16.3. The third-order valence-electron chi connectivity index (χ3n) is 7.58. The predicted molar refractivity (Wildman–Crippen MR) is 84.1 cm³/mol. The third-order valence-corrected chi connectivity index (χ3v) is 7.58. The maximum absolute atomic E-state index is 11.7. The van der Waals surface area contributed by atoms with Crippen molar-refractivity contribution >= 4 is 5.78 Å². The van der Waals surface area contributed by atoms with Crippen molar-refractivity contribution < 1.29 is 15.0 Å². The lowest BCUT2D eigenvalue weighted by atomic mass is 9.52. The Kier molecular flexibility index (Phi) is 3.16. The maximum atomic E-state index is 11.7. The summed E-state index contributed by atoms with van der Waals surface area (Å²) in [5.41, 5.74) is 0.329. The van der Waals surface area contributed by atoms with Gasteiger partial charge in [0.2, 0.25) is 0 Å². The zero-order valence-electron chi connectivity index (χ0n) is 13.7. The fourth-order valence-corrected chi connectivity index (χ4v) is 6.52. The minimum Gasteiger partial charge on any atom is -0.390 e. The Morgan fingerprint density at radius 1 is 1.14 bits per heavy atom. The highest BCUT2D eigenvalue weighted by Crippen LogP contribution is 2.63. The van der Waals surface area contributed by atoms with E-state index in [1.807, 2.05) is 13.0 Å². The molecule has 3 fully saturated rings. The van der Waals surface area contributed by atoms with E-state index >= 15 is 0 Å². The van der Waals surface area contributed by atoms with Crippen LogP contribution in [0.25, 0.3) is 0 Å². The predicted octanol–water partition coefficient (Wildman–Crippen LogP) is 2.85. The molecule has 7 atom stereocenters. The number of hydrogen-bond acceptors (Lipinski definition) is 3. The first kappa shape index (κ1) is 14.9. The van der Waals surface area contributed by atoms with E-state index in [0.717, 1.165) is 38.5 Å². The van der Waals surface area contributed by atoms with Gasteiger partial charge in [-0.15, -0.1) is 0 Å². The third kappa shape index (κ3) is 1.91. The number of allylic oxidation sites excluding steroid dienone is 1. The first-order valence-electron chi connectivity index (χ1n) is 8.97. The normalized spacial score (nSPS) is 54.3. The van der Waals surface area contributed by atoms with Crippen molar-refractivity contribution in [3.05, 3.63) is 11.6 Å². The van der Waals surface area contributed by atoms with Crippen LogP contribution in [0.15, 0.2) is 11.6 Å². The fourth-order valence-electron chi connectivity index (χ4n) is 6.52. The Morgan fingerprint density at radius 2 is 1.91 bits per heavy atom. The van der Waals surface area contributed by atoms with E-state index in [1.165, 1.54) is 5.57 Å². The Balaban J connectivity index is 1.65. The van der Waals surface area contributed by atoms with E-state index in [-0.39, 0.29) is 5.41 Å². The molecule has 0 saturated heterocycles. The number of fused-ring (bicyclic) bond motifs is 5. The molecular formula is C19H28O3. The maximum Gasteiger partial charge on any atom is 0.155 e. The van der Waals surface area contributed by atoms with Crippen LogP contribution in [-0.2, 0) is 4.79 Å². The van der Waals surface area contributed by atoms with Crippen LogP contribution in [0.1, 0.15) is 58.8 Å². The molecule has 2 N–H and O–H groups in total. The Bertz CT molecular complexity index is 535. The topological polar surface area (TPSA) is 57.5 Å². The van der Waals surface area contributed by atoms with Gasteiger partial charge in [0.05, 0.1) is 11.7 Å². The molecule has 4 aliphatic carbocycles. The Hall–Kier alpha value is -0.670. The summed E-state index contributed by atoms with van der Waals surface area (Å²) in [6.07, 6.45) is 8.11. The highest BCUT2D eigenvalue weighted by molar-refractivity contribution is 5.91.